The number of aromatic nitrogens is 2. The number of rotatable bonds is 2. The van der Waals surface area contributed by atoms with E-state index in [1.54, 1.807) is 0 Å². The lowest BCUT2D eigenvalue weighted by molar-refractivity contribution is 0.0690. The Labute approximate surface area is 103 Å². The Bertz CT molecular complexity index is 674. The highest BCUT2D eigenvalue weighted by atomic mass is 16.4. The minimum absolute atomic E-state index is 0.256. The topological polar surface area (TPSA) is 83.0 Å². The monoisotopic (exact) mass is 244 g/mol. The molecule has 0 aliphatic rings. The van der Waals surface area contributed by atoms with Crippen LogP contribution in [0, 0.1) is 13.8 Å². The van der Waals surface area contributed by atoms with Gasteiger partial charge in [-0.15, -0.1) is 0 Å². The summed E-state index contributed by atoms with van der Waals surface area (Å²) in [6.07, 6.45) is 0. The molecule has 0 atom stereocenters. The van der Waals surface area contributed by atoms with E-state index in [0.29, 0.717) is 0 Å². The first-order valence-corrected chi connectivity index (χ1v) is 5.39. The predicted molar refractivity (Wildman–Crippen MR) is 66.7 cm³/mol. The van der Waals surface area contributed by atoms with Gasteiger partial charge in [-0.25, -0.2) is 9.78 Å². The fourth-order valence-corrected chi connectivity index (χ4v) is 1.77. The number of hydrogen-bond acceptors (Lipinski definition) is 3. The fourth-order valence-electron chi connectivity index (χ4n) is 1.77. The summed E-state index contributed by atoms with van der Waals surface area (Å²) < 4.78 is 0. The molecule has 2 rings (SSSR count). The van der Waals surface area contributed by atoms with E-state index < -0.39 is 11.5 Å². The SMILES string of the molecule is Cc1ccc(-c2nc(C(=O)O)cc(=O)[nH]2)c(C)c1. The number of aryl methyl sites for hydroxylation is 2. The zero-order valence-corrected chi connectivity index (χ0v) is 10.0. The molecule has 1 aromatic carbocycles. The molecule has 0 radical (unpaired) electrons. The average molecular weight is 244 g/mol. The van der Waals surface area contributed by atoms with Gasteiger partial charge in [0.25, 0.3) is 5.56 Å². The van der Waals surface area contributed by atoms with Gasteiger partial charge in [0, 0.05) is 11.6 Å². The largest absolute Gasteiger partial charge is 0.477 e. The summed E-state index contributed by atoms with van der Waals surface area (Å²) in [7, 11) is 0. The molecule has 2 N–H and O–H groups in total. The Morgan fingerprint density at radius 3 is 2.61 bits per heavy atom. The van der Waals surface area contributed by atoms with Gasteiger partial charge in [-0.2, -0.15) is 0 Å². The number of hydrogen-bond donors (Lipinski definition) is 2. The van der Waals surface area contributed by atoms with Gasteiger partial charge in [-0.1, -0.05) is 23.8 Å². The van der Waals surface area contributed by atoms with Crippen molar-refractivity contribution >= 4 is 5.97 Å². The van der Waals surface area contributed by atoms with Crippen molar-refractivity contribution in [3.8, 4) is 11.4 Å². The van der Waals surface area contributed by atoms with Crippen LogP contribution in [0.2, 0.25) is 0 Å². The Morgan fingerprint density at radius 1 is 1.28 bits per heavy atom. The van der Waals surface area contributed by atoms with Crippen LogP contribution in [0.15, 0.2) is 29.1 Å². The van der Waals surface area contributed by atoms with Gasteiger partial charge in [-0.3, -0.25) is 4.79 Å². The van der Waals surface area contributed by atoms with Crippen LogP contribution in [-0.4, -0.2) is 21.0 Å². The van der Waals surface area contributed by atoms with Crippen LogP contribution in [0.3, 0.4) is 0 Å². The zero-order valence-electron chi connectivity index (χ0n) is 10.0. The number of nitrogens with zero attached hydrogens (tertiary/aromatic N) is 1. The van der Waals surface area contributed by atoms with Gasteiger partial charge in [0.15, 0.2) is 5.69 Å². The van der Waals surface area contributed by atoms with Crippen LogP contribution in [0.5, 0.6) is 0 Å². The molecule has 0 spiro atoms. The van der Waals surface area contributed by atoms with Crippen LogP contribution in [0.4, 0.5) is 0 Å². The molecule has 18 heavy (non-hydrogen) atoms. The van der Waals surface area contributed by atoms with Crippen molar-refractivity contribution < 1.29 is 9.90 Å². The highest BCUT2D eigenvalue weighted by Gasteiger charge is 2.10. The number of carboxylic acids is 1. The minimum Gasteiger partial charge on any atom is -0.477 e. The van der Waals surface area contributed by atoms with Crippen LogP contribution in [0.1, 0.15) is 21.6 Å². The maximum Gasteiger partial charge on any atom is 0.354 e. The lowest BCUT2D eigenvalue weighted by atomic mass is 10.1. The maximum absolute atomic E-state index is 11.4. The first-order valence-electron chi connectivity index (χ1n) is 5.39. The molecule has 5 nitrogen and oxygen atoms in total. The highest BCUT2D eigenvalue weighted by Crippen LogP contribution is 2.19. The summed E-state index contributed by atoms with van der Waals surface area (Å²) in [5.74, 6) is -0.940. The minimum atomic E-state index is -1.22. The first-order chi connectivity index (χ1) is 8.47. The van der Waals surface area contributed by atoms with E-state index in [1.165, 1.54) is 0 Å². The van der Waals surface area contributed by atoms with Crippen molar-refractivity contribution in [1.82, 2.24) is 9.97 Å². The van der Waals surface area contributed by atoms with Gasteiger partial charge in [0.1, 0.15) is 5.82 Å². The smallest absolute Gasteiger partial charge is 0.354 e. The Kier molecular flexibility index (Phi) is 2.97. The van der Waals surface area contributed by atoms with Crippen LogP contribution in [-0.2, 0) is 0 Å². The second-order valence-corrected chi connectivity index (χ2v) is 4.10. The normalized spacial score (nSPS) is 10.3. The number of carboxylic acid groups (broad SMARTS) is 1. The number of nitrogens with one attached hydrogen (secondary N) is 1. The molecule has 0 fully saturated rings. The molecule has 0 unspecified atom stereocenters. The van der Waals surface area contributed by atoms with Gasteiger partial charge >= 0.3 is 5.97 Å². The second-order valence-electron chi connectivity index (χ2n) is 4.10. The van der Waals surface area contributed by atoms with Crippen LogP contribution in [0.25, 0.3) is 11.4 Å². The lowest BCUT2D eigenvalue weighted by Gasteiger charge is -2.06. The molecule has 1 aromatic heterocycles. The van der Waals surface area contributed by atoms with E-state index in [4.69, 9.17) is 5.11 Å². The molecule has 0 amide bonds. The van der Waals surface area contributed by atoms with E-state index in [0.717, 1.165) is 22.8 Å². The van der Waals surface area contributed by atoms with E-state index >= 15 is 0 Å². The second kappa shape index (κ2) is 4.44. The van der Waals surface area contributed by atoms with Gasteiger partial charge in [0.2, 0.25) is 0 Å². The first kappa shape index (κ1) is 12.0. The molecule has 5 heteroatoms. The molecule has 2 aromatic rings. The number of H-pyrrole nitrogens is 1. The van der Waals surface area contributed by atoms with E-state index in [2.05, 4.69) is 9.97 Å². The summed E-state index contributed by atoms with van der Waals surface area (Å²) in [6, 6.07) is 6.61. The van der Waals surface area contributed by atoms with E-state index in [1.807, 2.05) is 32.0 Å². The van der Waals surface area contributed by atoms with Crippen LogP contribution < -0.4 is 5.56 Å². The number of benzene rings is 1. The lowest BCUT2D eigenvalue weighted by Crippen LogP contribution is -2.13. The van der Waals surface area contributed by atoms with Crippen molar-refractivity contribution in [3.63, 3.8) is 0 Å². The molecule has 0 aliphatic carbocycles. The van der Waals surface area contributed by atoms with Gasteiger partial charge in [0.05, 0.1) is 0 Å². The van der Waals surface area contributed by atoms with Crippen molar-refractivity contribution in [2.45, 2.75) is 13.8 Å². The van der Waals surface area contributed by atoms with Crippen LogP contribution >= 0.6 is 0 Å². The molecule has 0 saturated heterocycles. The molecular formula is C13H12N2O3. The van der Waals surface area contributed by atoms with E-state index in [-0.39, 0.29) is 11.5 Å². The molecule has 0 aliphatic heterocycles. The Balaban J connectivity index is 2.64. The third-order valence-electron chi connectivity index (χ3n) is 2.60. The summed E-state index contributed by atoms with van der Waals surface area (Å²) in [4.78, 5) is 28.8. The predicted octanol–water partition coefficient (Wildman–Crippen LogP) is 1.75. The summed E-state index contributed by atoms with van der Waals surface area (Å²) in [5, 5.41) is 8.88. The average Bonchev–Trinajstić information content (AvgIpc) is 2.27. The van der Waals surface area contributed by atoms with Gasteiger partial charge < -0.3 is 10.1 Å². The third kappa shape index (κ3) is 2.29. The molecule has 0 saturated carbocycles. The Morgan fingerprint density at radius 2 is 2.00 bits per heavy atom. The van der Waals surface area contributed by atoms with Crippen molar-refractivity contribution in [1.29, 1.82) is 0 Å². The summed E-state index contributed by atoms with van der Waals surface area (Å²) in [5.41, 5.74) is 2.01. The number of aromatic carboxylic acids is 1. The standard InChI is InChI=1S/C13H12N2O3/c1-7-3-4-9(8(2)5-7)12-14-10(13(17)18)6-11(16)15-12/h3-6H,1-2H3,(H,17,18)(H,14,15,16). The molecule has 92 valence electrons. The number of aromatic amines is 1. The summed E-state index contributed by atoms with van der Waals surface area (Å²) >= 11 is 0. The van der Waals surface area contributed by atoms with Crippen molar-refractivity contribution in [3.05, 3.63) is 51.4 Å². The van der Waals surface area contributed by atoms with Gasteiger partial charge in [-0.05, 0) is 19.4 Å². The summed E-state index contributed by atoms with van der Waals surface area (Å²) in [6.45, 7) is 3.84. The fraction of sp³-hybridized carbons (Fsp3) is 0.154. The molecule has 0 bridgehead atoms. The quantitative estimate of drug-likeness (QED) is 0.843. The third-order valence-corrected chi connectivity index (χ3v) is 2.60. The molecule has 1 heterocycles. The van der Waals surface area contributed by atoms with Crippen molar-refractivity contribution in [2.24, 2.45) is 0 Å². The van der Waals surface area contributed by atoms with Crippen molar-refractivity contribution in [2.75, 3.05) is 0 Å². The molecular weight excluding hydrogens is 232 g/mol. The maximum atomic E-state index is 11.4. The highest BCUT2D eigenvalue weighted by molar-refractivity contribution is 5.85. The Hall–Kier alpha value is -2.43. The van der Waals surface area contributed by atoms with E-state index in [9.17, 15) is 9.59 Å². The number of carbonyl (C=O) groups is 1. The zero-order chi connectivity index (χ0) is 13.3.